The number of nitrogens with one attached hydrogen (secondary N) is 1. The maximum atomic E-state index is 9.06. The maximum Gasteiger partial charge on any atom is 0.141 e. The van der Waals surface area contributed by atoms with Crippen molar-refractivity contribution in [1.29, 1.82) is 5.41 Å². The molecule has 1 aliphatic rings. The van der Waals surface area contributed by atoms with E-state index in [2.05, 4.69) is 9.88 Å². The summed E-state index contributed by atoms with van der Waals surface area (Å²) >= 11 is 0. The summed E-state index contributed by atoms with van der Waals surface area (Å²) in [4.78, 5) is 6.21. The van der Waals surface area contributed by atoms with Crippen molar-refractivity contribution >= 4 is 11.5 Å². The van der Waals surface area contributed by atoms with Crippen molar-refractivity contribution in [2.24, 2.45) is 5.73 Å². The van der Waals surface area contributed by atoms with Crippen LogP contribution < -0.4 is 10.6 Å². The average molecular weight is 236 g/mol. The Balaban J connectivity index is 2.08. The van der Waals surface area contributed by atoms with Gasteiger partial charge in [0.2, 0.25) is 0 Å². The van der Waals surface area contributed by atoms with Crippen molar-refractivity contribution < 1.29 is 9.84 Å². The number of aliphatic hydroxyl groups is 1. The third-order valence-corrected chi connectivity index (χ3v) is 2.73. The lowest BCUT2D eigenvalue weighted by Gasteiger charge is -2.33. The summed E-state index contributed by atoms with van der Waals surface area (Å²) < 4.78 is 5.37. The van der Waals surface area contributed by atoms with Crippen LogP contribution in [0.2, 0.25) is 0 Å². The molecule has 1 unspecified atom stereocenters. The summed E-state index contributed by atoms with van der Waals surface area (Å²) in [6.45, 7) is 2.05. The van der Waals surface area contributed by atoms with Gasteiger partial charge in [-0.2, -0.15) is 0 Å². The van der Waals surface area contributed by atoms with Crippen molar-refractivity contribution in [3.05, 3.63) is 24.0 Å². The number of hydrogen-bond donors (Lipinski definition) is 3. The van der Waals surface area contributed by atoms with Gasteiger partial charge in [-0.05, 0) is 12.1 Å². The highest BCUT2D eigenvalue weighted by molar-refractivity contribution is 5.93. The van der Waals surface area contributed by atoms with Crippen molar-refractivity contribution in [3.63, 3.8) is 0 Å². The van der Waals surface area contributed by atoms with Crippen molar-refractivity contribution in [1.82, 2.24) is 4.98 Å². The van der Waals surface area contributed by atoms with Gasteiger partial charge in [0.25, 0.3) is 0 Å². The maximum absolute atomic E-state index is 9.06. The first-order valence-electron chi connectivity index (χ1n) is 5.48. The fraction of sp³-hybridized carbons (Fsp3) is 0.455. The number of morpholine rings is 1. The number of ether oxygens (including phenoxy) is 1. The highest BCUT2D eigenvalue weighted by atomic mass is 16.5. The lowest BCUT2D eigenvalue weighted by Crippen LogP contribution is -2.44. The first kappa shape index (κ1) is 11.8. The number of anilines is 1. The van der Waals surface area contributed by atoms with Crippen LogP contribution in [0.25, 0.3) is 0 Å². The highest BCUT2D eigenvalue weighted by Gasteiger charge is 2.20. The summed E-state index contributed by atoms with van der Waals surface area (Å²) in [5, 5.41) is 16.3. The summed E-state index contributed by atoms with van der Waals surface area (Å²) in [6.07, 6.45) is 1.55. The number of pyridine rings is 1. The molecule has 0 saturated carbocycles. The molecular weight excluding hydrogens is 220 g/mol. The standard InChI is InChI=1S/C11H16N4O2/c12-11(13)10-2-1-8(5-14-10)15-3-4-17-9(6-15)7-16/h1-2,5,9,16H,3-4,6-7H2,(H3,12,13). The van der Waals surface area contributed by atoms with E-state index in [-0.39, 0.29) is 18.5 Å². The van der Waals surface area contributed by atoms with Crippen LogP contribution in [0.4, 0.5) is 5.69 Å². The Morgan fingerprint density at radius 2 is 2.47 bits per heavy atom. The molecule has 1 fully saturated rings. The predicted octanol–water partition coefficient (Wildman–Crippen LogP) is -0.437. The van der Waals surface area contributed by atoms with Gasteiger partial charge in [-0.1, -0.05) is 0 Å². The Morgan fingerprint density at radius 1 is 1.65 bits per heavy atom. The van der Waals surface area contributed by atoms with Gasteiger partial charge in [0.15, 0.2) is 0 Å². The summed E-state index contributed by atoms with van der Waals surface area (Å²) in [6, 6.07) is 3.60. The molecule has 0 amide bonds. The number of aromatic nitrogens is 1. The number of aliphatic hydroxyl groups excluding tert-OH is 1. The Bertz CT molecular complexity index is 393. The zero-order chi connectivity index (χ0) is 12.3. The van der Waals surface area contributed by atoms with Crippen molar-refractivity contribution in [3.8, 4) is 0 Å². The number of nitrogens with zero attached hydrogens (tertiary/aromatic N) is 2. The van der Waals surface area contributed by atoms with Gasteiger partial charge in [0.05, 0.1) is 31.2 Å². The number of hydrogen-bond acceptors (Lipinski definition) is 5. The van der Waals surface area contributed by atoms with Crippen LogP contribution in [0.3, 0.4) is 0 Å². The Morgan fingerprint density at radius 3 is 3.06 bits per heavy atom. The normalized spacial score (nSPS) is 20.3. The van der Waals surface area contributed by atoms with Gasteiger partial charge in [-0.3, -0.25) is 10.4 Å². The minimum atomic E-state index is -0.142. The smallest absolute Gasteiger partial charge is 0.141 e. The van der Waals surface area contributed by atoms with E-state index >= 15 is 0 Å². The quantitative estimate of drug-likeness (QED) is 0.488. The lowest BCUT2D eigenvalue weighted by atomic mass is 10.2. The van der Waals surface area contributed by atoms with E-state index in [1.54, 1.807) is 12.3 Å². The van der Waals surface area contributed by atoms with Crippen LogP contribution in [0.1, 0.15) is 5.69 Å². The fourth-order valence-electron chi connectivity index (χ4n) is 1.80. The molecule has 0 radical (unpaired) electrons. The van der Waals surface area contributed by atoms with Crippen LogP contribution in [0.5, 0.6) is 0 Å². The van der Waals surface area contributed by atoms with Gasteiger partial charge in [-0.15, -0.1) is 0 Å². The molecule has 17 heavy (non-hydrogen) atoms. The predicted molar refractivity (Wildman–Crippen MR) is 64.3 cm³/mol. The molecule has 6 nitrogen and oxygen atoms in total. The van der Waals surface area contributed by atoms with E-state index in [4.69, 9.17) is 21.0 Å². The number of rotatable bonds is 3. The van der Waals surface area contributed by atoms with Gasteiger partial charge in [0.1, 0.15) is 11.5 Å². The molecule has 4 N–H and O–H groups in total. The second-order valence-electron chi connectivity index (χ2n) is 3.94. The van der Waals surface area contributed by atoms with E-state index in [1.165, 1.54) is 0 Å². The first-order valence-corrected chi connectivity index (χ1v) is 5.48. The SMILES string of the molecule is N=C(N)c1ccc(N2CCOC(CO)C2)cn1. The number of amidine groups is 1. The van der Waals surface area contributed by atoms with Gasteiger partial charge >= 0.3 is 0 Å². The van der Waals surface area contributed by atoms with Crippen LogP contribution in [-0.4, -0.2) is 48.3 Å². The van der Waals surface area contributed by atoms with Gasteiger partial charge in [0, 0.05) is 13.1 Å². The van der Waals surface area contributed by atoms with Crippen LogP contribution in [-0.2, 0) is 4.74 Å². The van der Waals surface area contributed by atoms with Crippen molar-refractivity contribution in [2.75, 3.05) is 31.2 Å². The molecule has 2 heterocycles. The summed E-state index contributed by atoms with van der Waals surface area (Å²) in [7, 11) is 0. The van der Waals surface area contributed by atoms with Crippen molar-refractivity contribution in [2.45, 2.75) is 6.10 Å². The van der Waals surface area contributed by atoms with E-state index in [1.807, 2.05) is 6.07 Å². The van der Waals surface area contributed by atoms with E-state index in [0.29, 0.717) is 18.8 Å². The Labute approximate surface area is 99.5 Å². The molecule has 92 valence electrons. The monoisotopic (exact) mass is 236 g/mol. The molecular formula is C11H16N4O2. The third kappa shape index (κ3) is 2.72. The molecule has 1 aromatic heterocycles. The van der Waals surface area contributed by atoms with E-state index in [0.717, 1.165) is 12.2 Å². The highest BCUT2D eigenvalue weighted by Crippen LogP contribution is 2.16. The molecule has 1 aliphatic heterocycles. The topological polar surface area (TPSA) is 95.5 Å². The van der Waals surface area contributed by atoms with Crippen LogP contribution in [0, 0.1) is 5.41 Å². The molecule has 2 rings (SSSR count). The first-order chi connectivity index (χ1) is 8.20. The zero-order valence-electron chi connectivity index (χ0n) is 9.47. The molecule has 1 atom stereocenters. The molecule has 0 spiro atoms. The molecule has 1 aromatic rings. The molecule has 1 saturated heterocycles. The second kappa shape index (κ2) is 5.11. The molecule has 0 bridgehead atoms. The summed E-state index contributed by atoms with van der Waals surface area (Å²) in [5.74, 6) is -0.0354. The lowest BCUT2D eigenvalue weighted by molar-refractivity contribution is 0.00355. The van der Waals surface area contributed by atoms with Gasteiger partial charge in [-0.25, -0.2) is 0 Å². The van der Waals surface area contributed by atoms with E-state index in [9.17, 15) is 0 Å². The van der Waals surface area contributed by atoms with Crippen LogP contribution in [0.15, 0.2) is 18.3 Å². The minimum Gasteiger partial charge on any atom is -0.394 e. The minimum absolute atomic E-state index is 0.0233. The Kier molecular flexibility index (Phi) is 3.55. The second-order valence-corrected chi connectivity index (χ2v) is 3.94. The fourth-order valence-corrected chi connectivity index (χ4v) is 1.80. The Hall–Kier alpha value is -1.66. The molecule has 0 aliphatic carbocycles. The molecule has 6 heteroatoms. The number of nitrogens with two attached hydrogens (primary N) is 1. The number of nitrogen functional groups attached to an aromatic ring is 1. The van der Waals surface area contributed by atoms with Gasteiger partial charge < -0.3 is 20.5 Å². The largest absolute Gasteiger partial charge is 0.394 e. The average Bonchev–Trinajstić information content (AvgIpc) is 2.39. The summed E-state index contributed by atoms with van der Waals surface area (Å²) in [5.41, 5.74) is 6.77. The molecule has 0 aromatic carbocycles. The third-order valence-electron chi connectivity index (χ3n) is 2.73. The zero-order valence-corrected chi connectivity index (χ0v) is 9.47. The van der Waals surface area contributed by atoms with Crippen LogP contribution >= 0.6 is 0 Å². The van der Waals surface area contributed by atoms with E-state index < -0.39 is 0 Å².